The lowest BCUT2D eigenvalue weighted by atomic mass is 9.97. The van der Waals surface area contributed by atoms with Gasteiger partial charge in [-0.05, 0) is 46.5 Å². The van der Waals surface area contributed by atoms with Crippen LogP contribution in [0.5, 0.6) is 0 Å². The van der Waals surface area contributed by atoms with Crippen LogP contribution in [0.2, 0.25) is 0 Å². The minimum atomic E-state index is -0.290. The number of benzene rings is 1. The van der Waals surface area contributed by atoms with Crippen molar-refractivity contribution in [3.8, 4) is 0 Å². The van der Waals surface area contributed by atoms with Gasteiger partial charge in [-0.3, -0.25) is 4.79 Å². The first-order valence-electron chi connectivity index (χ1n) is 4.66. The summed E-state index contributed by atoms with van der Waals surface area (Å²) in [6, 6.07) is 4.94. The summed E-state index contributed by atoms with van der Waals surface area (Å²) in [7, 11) is 0. The predicted octanol–water partition coefficient (Wildman–Crippen LogP) is 3.42. The summed E-state index contributed by atoms with van der Waals surface area (Å²) in [5.74, 6) is -0.119. The normalized spacial score (nSPS) is 21.6. The van der Waals surface area contributed by atoms with Crippen molar-refractivity contribution in [2.45, 2.75) is 25.2 Å². The van der Waals surface area contributed by atoms with E-state index in [9.17, 15) is 9.18 Å². The maximum atomic E-state index is 13.2. The highest BCUT2D eigenvalue weighted by molar-refractivity contribution is 9.10. The number of carbonyl (C=O) groups excluding carboxylic acids is 1. The Morgan fingerprint density at radius 3 is 2.79 bits per heavy atom. The van der Waals surface area contributed by atoms with Crippen LogP contribution in [0.25, 0.3) is 0 Å². The van der Waals surface area contributed by atoms with Gasteiger partial charge in [-0.2, -0.15) is 0 Å². The molecule has 1 aliphatic rings. The molecule has 0 bridgehead atoms. The summed E-state index contributed by atoms with van der Waals surface area (Å²) in [6.45, 7) is 0. The van der Waals surface area contributed by atoms with Crippen LogP contribution < -0.4 is 0 Å². The summed E-state index contributed by atoms with van der Waals surface area (Å²) in [4.78, 5) is 11.4. The summed E-state index contributed by atoms with van der Waals surface area (Å²) < 4.78 is 13.7. The van der Waals surface area contributed by atoms with Crippen LogP contribution in [0, 0.1) is 5.82 Å². The number of halogens is 2. The van der Waals surface area contributed by atoms with Crippen LogP contribution in [0.3, 0.4) is 0 Å². The molecule has 1 atom stereocenters. The highest BCUT2D eigenvalue weighted by atomic mass is 79.9. The molecule has 0 aromatic heterocycles. The van der Waals surface area contributed by atoms with E-state index in [1.54, 1.807) is 6.07 Å². The van der Waals surface area contributed by atoms with Gasteiger partial charge in [0.05, 0.1) is 4.47 Å². The average molecular weight is 257 g/mol. The number of rotatable bonds is 1. The Hall–Kier alpha value is -0.700. The Morgan fingerprint density at radius 1 is 1.43 bits per heavy atom. The van der Waals surface area contributed by atoms with Gasteiger partial charge < -0.3 is 0 Å². The Balaban J connectivity index is 2.32. The fourth-order valence-electron chi connectivity index (χ4n) is 1.90. The van der Waals surface area contributed by atoms with Gasteiger partial charge in [-0.1, -0.05) is 6.07 Å². The van der Waals surface area contributed by atoms with E-state index in [1.807, 2.05) is 6.07 Å². The zero-order chi connectivity index (χ0) is 10.1. The molecule has 1 aliphatic carbocycles. The summed E-state index contributed by atoms with van der Waals surface area (Å²) in [5, 5.41) is 0. The molecule has 14 heavy (non-hydrogen) atoms. The summed E-state index contributed by atoms with van der Waals surface area (Å²) in [6.07, 6.45) is 2.43. The van der Waals surface area contributed by atoms with E-state index in [2.05, 4.69) is 15.9 Å². The molecule has 0 amide bonds. The molecule has 1 saturated carbocycles. The third-order valence-corrected chi connectivity index (χ3v) is 3.29. The molecule has 2 rings (SSSR count). The van der Waals surface area contributed by atoms with E-state index >= 15 is 0 Å². The zero-order valence-electron chi connectivity index (χ0n) is 7.59. The Kier molecular flexibility index (Phi) is 2.68. The average Bonchev–Trinajstić information content (AvgIpc) is 2.57. The van der Waals surface area contributed by atoms with Gasteiger partial charge in [-0.15, -0.1) is 0 Å². The largest absolute Gasteiger partial charge is 0.299 e. The number of hydrogen-bond acceptors (Lipinski definition) is 1. The molecule has 0 saturated heterocycles. The number of carbonyl (C=O) groups is 1. The molecule has 1 unspecified atom stereocenters. The molecule has 0 spiro atoms. The lowest BCUT2D eigenvalue weighted by molar-refractivity contribution is -0.118. The van der Waals surface area contributed by atoms with Crippen LogP contribution >= 0.6 is 15.9 Å². The fraction of sp³-hybridized carbons (Fsp3) is 0.364. The quantitative estimate of drug-likeness (QED) is 0.753. The standard InChI is InChI=1S/C11H10BrFO/c12-9-5-4-7(6-10(9)13)8-2-1-3-11(8)14/h4-6,8H,1-3H2. The van der Waals surface area contributed by atoms with Crippen LogP contribution in [-0.4, -0.2) is 5.78 Å². The Labute approximate surface area is 90.4 Å². The minimum Gasteiger partial charge on any atom is -0.299 e. The van der Waals surface area contributed by atoms with Crippen molar-refractivity contribution in [3.05, 3.63) is 34.1 Å². The van der Waals surface area contributed by atoms with Crippen molar-refractivity contribution in [1.29, 1.82) is 0 Å². The van der Waals surface area contributed by atoms with Crippen LogP contribution in [0.15, 0.2) is 22.7 Å². The van der Waals surface area contributed by atoms with E-state index in [-0.39, 0.29) is 17.5 Å². The number of Topliss-reactive ketones (excluding diaryl/α,β-unsaturated/α-hetero) is 1. The predicted molar refractivity (Wildman–Crippen MR) is 55.7 cm³/mol. The molecule has 0 radical (unpaired) electrons. The van der Waals surface area contributed by atoms with Crippen LogP contribution in [0.4, 0.5) is 4.39 Å². The second-order valence-corrected chi connectivity index (χ2v) is 4.44. The van der Waals surface area contributed by atoms with Gasteiger partial charge in [0.15, 0.2) is 0 Å². The van der Waals surface area contributed by atoms with E-state index in [0.717, 1.165) is 18.4 Å². The van der Waals surface area contributed by atoms with Gasteiger partial charge in [0.25, 0.3) is 0 Å². The van der Waals surface area contributed by atoms with E-state index in [1.165, 1.54) is 6.07 Å². The van der Waals surface area contributed by atoms with Gasteiger partial charge in [0, 0.05) is 12.3 Å². The van der Waals surface area contributed by atoms with Gasteiger partial charge in [0.2, 0.25) is 0 Å². The molecular weight excluding hydrogens is 247 g/mol. The Morgan fingerprint density at radius 2 is 2.21 bits per heavy atom. The third kappa shape index (κ3) is 1.73. The first kappa shape index (κ1) is 9.84. The SMILES string of the molecule is O=C1CCCC1c1ccc(Br)c(F)c1. The molecule has 1 aromatic rings. The third-order valence-electron chi connectivity index (χ3n) is 2.65. The molecular formula is C11H10BrFO. The highest BCUT2D eigenvalue weighted by Gasteiger charge is 2.26. The molecule has 0 N–H and O–H groups in total. The van der Waals surface area contributed by atoms with Crippen molar-refractivity contribution in [3.63, 3.8) is 0 Å². The molecule has 1 aromatic carbocycles. The van der Waals surface area contributed by atoms with Crippen molar-refractivity contribution >= 4 is 21.7 Å². The van der Waals surface area contributed by atoms with Crippen LogP contribution in [-0.2, 0) is 4.79 Å². The maximum absolute atomic E-state index is 13.2. The van der Waals surface area contributed by atoms with Crippen LogP contribution in [0.1, 0.15) is 30.7 Å². The second-order valence-electron chi connectivity index (χ2n) is 3.58. The molecule has 74 valence electrons. The number of ketones is 1. The van der Waals surface area contributed by atoms with Crippen molar-refractivity contribution in [2.24, 2.45) is 0 Å². The molecule has 1 fully saturated rings. The van der Waals surface area contributed by atoms with Crippen molar-refractivity contribution < 1.29 is 9.18 Å². The van der Waals surface area contributed by atoms with E-state index in [4.69, 9.17) is 0 Å². The zero-order valence-corrected chi connectivity index (χ0v) is 9.18. The lowest BCUT2D eigenvalue weighted by Crippen LogP contribution is -2.04. The summed E-state index contributed by atoms with van der Waals surface area (Å²) >= 11 is 3.09. The second kappa shape index (κ2) is 3.81. The molecule has 1 nitrogen and oxygen atoms in total. The fourth-order valence-corrected chi connectivity index (χ4v) is 2.14. The first-order valence-corrected chi connectivity index (χ1v) is 5.45. The molecule has 0 aliphatic heterocycles. The molecule has 0 heterocycles. The van der Waals surface area contributed by atoms with Gasteiger partial charge in [-0.25, -0.2) is 4.39 Å². The topological polar surface area (TPSA) is 17.1 Å². The van der Waals surface area contributed by atoms with Crippen molar-refractivity contribution in [2.75, 3.05) is 0 Å². The lowest BCUT2D eigenvalue weighted by Gasteiger charge is -2.08. The van der Waals surface area contributed by atoms with E-state index < -0.39 is 0 Å². The summed E-state index contributed by atoms with van der Waals surface area (Å²) in [5.41, 5.74) is 0.813. The van der Waals surface area contributed by atoms with Crippen molar-refractivity contribution in [1.82, 2.24) is 0 Å². The minimum absolute atomic E-state index is 0.0717. The van der Waals surface area contributed by atoms with E-state index in [0.29, 0.717) is 10.9 Å². The van der Waals surface area contributed by atoms with Gasteiger partial charge in [0.1, 0.15) is 11.6 Å². The maximum Gasteiger partial charge on any atom is 0.140 e. The number of hydrogen-bond donors (Lipinski definition) is 0. The Bertz CT molecular complexity index is 376. The highest BCUT2D eigenvalue weighted by Crippen LogP contribution is 2.32. The first-order chi connectivity index (χ1) is 6.68. The monoisotopic (exact) mass is 256 g/mol. The van der Waals surface area contributed by atoms with Gasteiger partial charge >= 0.3 is 0 Å². The smallest absolute Gasteiger partial charge is 0.140 e. The molecule has 3 heteroatoms.